The zero-order chi connectivity index (χ0) is 13.4. The number of rotatable bonds is 3. The van der Waals surface area contributed by atoms with Crippen LogP contribution < -0.4 is 0 Å². The molecular formula is C13H14ClN5. The maximum atomic E-state index is 6.02. The molecule has 0 fully saturated rings. The number of nitrogens with zero attached hydrogens (tertiary/aromatic N) is 5. The lowest BCUT2D eigenvalue weighted by Crippen LogP contribution is -2.14. The van der Waals surface area contributed by atoms with E-state index in [1.165, 1.54) is 0 Å². The third-order valence-corrected chi connectivity index (χ3v) is 3.53. The molecule has 0 saturated carbocycles. The van der Waals surface area contributed by atoms with Gasteiger partial charge < -0.3 is 9.13 Å². The standard InChI is InChI=1S/C13H14ClN5/c1-9(13-17-15-8-18(13)2)19-11-6-4-3-5-10(11)16-12(19)7-14/h3-6,8-9H,7H2,1-2H3. The highest BCUT2D eigenvalue weighted by Crippen LogP contribution is 2.25. The number of imidazole rings is 1. The van der Waals surface area contributed by atoms with Gasteiger partial charge in [-0.15, -0.1) is 21.8 Å². The first-order valence-corrected chi connectivity index (χ1v) is 6.61. The van der Waals surface area contributed by atoms with Crippen LogP contribution in [0.1, 0.15) is 24.6 Å². The van der Waals surface area contributed by atoms with E-state index in [1.54, 1.807) is 6.33 Å². The molecule has 0 aliphatic rings. The topological polar surface area (TPSA) is 48.5 Å². The summed E-state index contributed by atoms with van der Waals surface area (Å²) in [5, 5.41) is 8.11. The number of para-hydroxylation sites is 2. The minimum absolute atomic E-state index is 0.0358. The van der Waals surface area contributed by atoms with Gasteiger partial charge in [-0.3, -0.25) is 0 Å². The smallest absolute Gasteiger partial charge is 0.155 e. The summed E-state index contributed by atoms with van der Waals surface area (Å²) in [5.74, 6) is 2.10. The van der Waals surface area contributed by atoms with Gasteiger partial charge in [0.1, 0.15) is 12.2 Å². The predicted molar refractivity (Wildman–Crippen MR) is 74.1 cm³/mol. The molecule has 3 rings (SSSR count). The van der Waals surface area contributed by atoms with Crippen molar-refractivity contribution in [3.63, 3.8) is 0 Å². The molecule has 1 unspecified atom stereocenters. The van der Waals surface area contributed by atoms with E-state index in [9.17, 15) is 0 Å². The van der Waals surface area contributed by atoms with Crippen molar-refractivity contribution in [2.24, 2.45) is 7.05 Å². The SMILES string of the molecule is CC(c1nncn1C)n1c(CCl)nc2ccccc21. The van der Waals surface area contributed by atoms with Gasteiger partial charge in [0.2, 0.25) is 0 Å². The highest BCUT2D eigenvalue weighted by molar-refractivity contribution is 6.16. The molecule has 0 bridgehead atoms. The van der Waals surface area contributed by atoms with Crippen LogP contribution in [0.2, 0.25) is 0 Å². The Hall–Kier alpha value is -1.88. The Morgan fingerprint density at radius 2 is 2.11 bits per heavy atom. The van der Waals surface area contributed by atoms with Crippen molar-refractivity contribution in [2.45, 2.75) is 18.8 Å². The molecule has 2 aromatic heterocycles. The molecule has 0 spiro atoms. The van der Waals surface area contributed by atoms with E-state index in [1.807, 2.05) is 35.9 Å². The number of aryl methyl sites for hydroxylation is 1. The minimum Gasteiger partial charge on any atom is -0.319 e. The third kappa shape index (κ3) is 1.90. The molecule has 0 radical (unpaired) electrons. The van der Waals surface area contributed by atoms with Gasteiger partial charge in [0.05, 0.1) is 23.0 Å². The van der Waals surface area contributed by atoms with Crippen LogP contribution in [-0.4, -0.2) is 24.3 Å². The van der Waals surface area contributed by atoms with E-state index in [2.05, 4.69) is 26.7 Å². The largest absolute Gasteiger partial charge is 0.319 e. The van der Waals surface area contributed by atoms with Crippen LogP contribution >= 0.6 is 11.6 Å². The summed E-state index contributed by atoms with van der Waals surface area (Å²) in [6.07, 6.45) is 1.70. The van der Waals surface area contributed by atoms with Crippen LogP contribution in [0.5, 0.6) is 0 Å². The fourth-order valence-electron chi connectivity index (χ4n) is 2.41. The molecule has 1 aromatic carbocycles. The lowest BCUT2D eigenvalue weighted by atomic mass is 10.2. The van der Waals surface area contributed by atoms with Crippen LogP contribution in [0.15, 0.2) is 30.6 Å². The fraction of sp³-hybridized carbons (Fsp3) is 0.308. The van der Waals surface area contributed by atoms with E-state index >= 15 is 0 Å². The first-order chi connectivity index (χ1) is 9.22. The molecule has 0 aliphatic carbocycles. The second-order valence-corrected chi connectivity index (χ2v) is 4.76. The Balaban J connectivity index is 2.21. The molecule has 98 valence electrons. The van der Waals surface area contributed by atoms with E-state index in [0.717, 1.165) is 22.7 Å². The third-order valence-electron chi connectivity index (χ3n) is 3.30. The average molecular weight is 276 g/mol. The second kappa shape index (κ2) is 4.66. The molecule has 0 N–H and O–H groups in total. The summed E-state index contributed by atoms with van der Waals surface area (Å²) in [4.78, 5) is 4.57. The number of fused-ring (bicyclic) bond motifs is 1. The number of alkyl halides is 1. The first kappa shape index (κ1) is 12.2. The van der Waals surface area contributed by atoms with Crippen molar-refractivity contribution in [1.82, 2.24) is 24.3 Å². The molecule has 2 heterocycles. The van der Waals surface area contributed by atoms with E-state index in [4.69, 9.17) is 11.6 Å². The summed E-state index contributed by atoms with van der Waals surface area (Å²) < 4.78 is 4.03. The van der Waals surface area contributed by atoms with Crippen LogP contribution in [-0.2, 0) is 12.9 Å². The molecule has 3 aromatic rings. The lowest BCUT2D eigenvalue weighted by Gasteiger charge is -2.16. The number of hydrogen-bond donors (Lipinski definition) is 0. The Morgan fingerprint density at radius 1 is 1.32 bits per heavy atom. The van der Waals surface area contributed by atoms with Crippen LogP contribution in [0.4, 0.5) is 0 Å². The summed E-state index contributed by atoms with van der Waals surface area (Å²) in [6, 6.07) is 8.05. The number of aromatic nitrogens is 5. The quantitative estimate of drug-likeness (QED) is 0.690. The Kier molecular flexibility index (Phi) is 2.98. The van der Waals surface area contributed by atoms with E-state index < -0.39 is 0 Å². The van der Waals surface area contributed by atoms with Crippen LogP contribution in [0.3, 0.4) is 0 Å². The van der Waals surface area contributed by atoms with Gasteiger partial charge >= 0.3 is 0 Å². The summed E-state index contributed by atoms with van der Waals surface area (Å²) in [7, 11) is 1.94. The lowest BCUT2D eigenvalue weighted by molar-refractivity contribution is 0.572. The summed E-state index contributed by atoms with van der Waals surface area (Å²) in [6.45, 7) is 2.08. The average Bonchev–Trinajstić information content (AvgIpc) is 3.01. The normalized spacial score (nSPS) is 13.0. The molecule has 6 heteroatoms. The van der Waals surface area contributed by atoms with Gasteiger partial charge in [0.15, 0.2) is 5.82 Å². The van der Waals surface area contributed by atoms with Crippen molar-refractivity contribution in [1.29, 1.82) is 0 Å². The van der Waals surface area contributed by atoms with Crippen molar-refractivity contribution in [3.8, 4) is 0 Å². The second-order valence-electron chi connectivity index (χ2n) is 4.50. The van der Waals surface area contributed by atoms with Crippen LogP contribution in [0.25, 0.3) is 11.0 Å². The molecular weight excluding hydrogens is 262 g/mol. The Bertz CT molecular complexity index is 715. The molecule has 0 saturated heterocycles. The first-order valence-electron chi connectivity index (χ1n) is 6.08. The van der Waals surface area contributed by atoms with Crippen molar-refractivity contribution in [3.05, 3.63) is 42.2 Å². The maximum Gasteiger partial charge on any atom is 0.155 e. The van der Waals surface area contributed by atoms with Crippen LogP contribution in [0, 0.1) is 0 Å². The highest BCUT2D eigenvalue weighted by atomic mass is 35.5. The van der Waals surface area contributed by atoms with Crippen molar-refractivity contribution >= 4 is 22.6 Å². The van der Waals surface area contributed by atoms with Gasteiger partial charge in [-0.25, -0.2) is 4.98 Å². The zero-order valence-electron chi connectivity index (χ0n) is 10.8. The fourth-order valence-corrected chi connectivity index (χ4v) is 2.60. The maximum absolute atomic E-state index is 6.02. The number of halogens is 1. The molecule has 0 amide bonds. The van der Waals surface area contributed by atoms with Crippen molar-refractivity contribution in [2.75, 3.05) is 0 Å². The van der Waals surface area contributed by atoms with Gasteiger partial charge in [-0.05, 0) is 19.1 Å². The predicted octanol–water partition coefficient (Wildman–Crippen LogP) is 2.51. The van der Waals surface area contributed by atoms with Crippen molar-refractivity contribution < 1.29 is 0 Å². The van der Waals surface area contributed by atoms with Gasteiger partial charge in [0, 0.05) is 7.05 Å². The zero-order valence-corrected chi connectivity index (χ0v) is 11.5. The van der Waals surface area contributed by atoms with Gasteiger partial charge in [-0.2, -0.15) is 0 Å². The molecule has 1 atom stereocenters. The minimum atomic E-state index is 0.0358. The monoisotopic (exact) mass is 275 g/mol. The van der Waals surface area contributed by atoms with E-state index in [0.29, 0.717) is 5.88 Å². The van der Waals surface area contributed by atoms with Gasteiger partial charge in [-0.1, -0.05) is 12.1 Å². The number of hydrogen-bond acceptors (Lipinski definition) is 3. The van der Waals surface area contributed by atoms with E-state index in [-0.39, 0.29) is 6.04 Å². The molecule has 5 nitrogen and oxygen atoms in total. The summed E-state index contributed by atoms with van der Waals surface area (Å²) >= 11 is 6.02. The molecule has 19 heavy (non-hydrogen) atoms. The summed E-state index contributed by atoms with van der Waals surface area (Å²) in [5.41, 5.74) is 2.01. The van der Waals surface area contributed by atoms with Gasteiger partial charge in [0.25, 0.3) is 0 Å². The Labute approximate surface area is 115 Å². The highest BCUT2D eigenvalue weighted by Gasteiger charge is 2.19. The Morgan fingerprint density at radius 3 is 2.79 bits per heavy atom. The number of benzene rings is 1. The molecule has 0 aliphatic heterocycles.